The van der Waals surface area contributed by atoms with Crippen molar-refractivity contribution >= 4 is 73.7 Å². The Morgan fingerprint density at radius 2 is 1.65 bits per heavy atom. The van der Waals surface area contributed by atoms with Gasteiger partial charge in [0.25, 0.3) is 11.8 Å². The average molecular weight is 635 g/mol. The van der Waals surface area contributed by atoms with E-state index in [1.54, 1.807) is 48.5 Å². The first-order valence-electron chi connectivity index (χ1n) is 13.2. The molecule has 0 aliphatic carbocycles. The van der Waals surface area contributed by atoms with E-state index in [0.717, 1.165) is 15.2 Å². The van der Waals surface area contributed by atoms with Gasteiger partial charge in [-0.05, 0) is 72.3 Å². The van der Waals surface area contributed by atoms with E-state index in [1.807, 2.05) is 24.3 Å². The fourth-order valence-electron chi connectivity index (χ4n) is 4.57. The molecule has 0 saturated carbocycles. The molecule has 1 saturated heterocycles. The van der Waals surface area contributed by atoms with Crippen LogP contribution in [0.15, 0.2) is 91.0 Å². The number of hydrogen-bond acceptors (Lipinski definition) is 6. The Morgan fingerprint density at radius 3 is 2.37 bits per heavy atom. The highest BCUT2D eigenvalue weighted by atomic mass is 35.5. The van der Waals surface area contributed by atoms with Crippen LogP contribution >= 0.6 is 34.5 Å². The molecule has 2 heterocycles. The molecule has 2 atom stereocenters. The lowest BCUT2D eigenvalue weighted by atomic mass is 10.1. The van der Waals surface area contributed by atoms with Gasteiger partial charge in [-0.3, -0.25) is 14.4 Å². The molecule has 0 radical (unpaired) electrons. The van der Waals surface area contributed by atoms with Crippen molar-refractivity contribution in [2.45, 2.75) is 25.2 Å². The number of hydrogen-bond donors (Lipinski definition) is 1. The van der Waals surface area contributed by atoms with Gasteiger partial charge in [-0.25, -0.2) is 9.37 Å². The van der Waals surface area contributed by atoms with Crippen LogP contribution in [0.25, 0.3) is 10.2 Å². The molecule has 0 unspecified atom stereocenters. The molecule has 5 aromatic rings. The second-order valence-electron chi connectivity index (χ2n) is 9.87. The lowest BCUT2D eigenvalue weighted by molar-refractivity contribution is -0.120. The summed E-state index contributed by atoms with van der Waals surface area (Å²) in [6.07, 6.45) is -1.88. The van der Waals surface area contributed by atoms with Gasteiger partial charge in [0.15, 0.2) is 18.0 Å². The number of amides is 2. The third-order valence-corrected chi connectivity index (χ3v) is 8.63. The Kier molecular flexibility index (Phi) is 8.23. The van der Waals surface area contributed by atoms with Crippen molar-refractivity contribution in [2.75, 3.05) is 10.2 Å². The second-order valence-corrected chi connectivity index (χ2v) is 11.8. The topological polar surface area (TPSA) is 91.9 Å². The monoisotopic (exact) mass is 633 g/mol. The highest BCUT2D eigenvalue weighted by molar-refractivity contribution is 7.18. The summed E-state index contributed by atoms with van der Waals surface area (Å²) in [4.78, 5) is 45.4. The van der Waals surface area contributed by atoms with E-state index >= 15 is 0 Å². The molecule has 216 valence electrons. The number of carbonyl (C=O) groups excluding carboxylic acids is 3. The summed E-state index contributed by atoms with van der Waals surface area (Å²) >= 11 is 13.5. The summed E-state index contributed by atoms with van der Waals surface area (Å²) < 4.78 is 20.1. The van der Waals surface area contributed by atoms with Gasteiger partial charge in [0, 0.05) is 16.9 Å². The Hall–Kier alpha value is -4.15. The standard InChI is InChI=1S/C32H22Cl2FN3O4S/c33-23-14-11-21(15-24(23)34)36-31(40)29-30(42-29)32(41)38(17-18-5-9-20(35)10-6-18)22-12-7-19(8-13-22)26(39)16-28-37-25-3-1-2-4-27(25)43-28/h1-15,29-30H,16-17H2,(H,36,40)/t29-,30-/m0/s1. The number of nitrogens with zero attached hydrogens (tertiary/aromatic N) is 2. The molecule has 1 fully saturated rings. The Balaban J connectivity index is 1.18. The van der Waals surface area contributed by atoms with E-state index in [9.17, 15) is 18.8 Å². The zero-order valence-corrected chi connectivity index (χ0v) is 24.6. The van der Waals surface area contributed by atoms with Crippen molar-refractivity contribution in [1.29, 1.82) is 0 Å². The summed E-state index contributed by atoms with van der Waals surface area (Å²) in [5.74, 6) is -1.46. The average Bonchev–Trinajstić information content (AvgIpc) is 3.71. The molecular formula is C32H22Cl2FN3O4S. The number of rotatable bonds is 9. The van der Waals surface area contributed by atoms with Crippen LogP contribution in [0.5, 0.6) is 0 Å². The van der Waals surface area contributed by atoms with Crippen LogP contribution in [-0.4, -0.2) is 34.8 Å². The number of para-hydroxylation sites is 1. The molecule has 2 amide bonds. The Bertz CT molecular complexity index is 1810. The van der Waals surface area contributed by atoms with E-state index < -0.39 is 29.8 Å². The van der Waals surface area contributed by atoms with Crippen molar-refractivity contribution in [1.82, 2.24) is 4.98 Å². The second kappa shape index (κ2) is 12.2. The number of ether oxygens (including phenoxy) is 1. The SMILES string of the molecule is O=C(Cc1nc2ccccc2s1)c1ccc(N(Cc2ccc(F)cc2)C(=O)[C@H]2O[C@@H]2C(=O)Nc2ccc(Cl)c(Cl)c2)cc1. The Morgan fingerprint density at radius 1 is 0.907 bits per heavy atom. The van der Waals surface area contributed by atoms with Crippen molar-refractivity contribution in [3.8, 4) is 0 Å². The number of thiazole rings is 1. The first-order valence-corrected chi connectivity index (χ1v) is 14.8. The largest absolute Gasteiger partial charge is 0.349 e. The van der Waals surface area contributed by atoms with Gasteiger partial charge in [-0.1, -0.05) is 47.5 Å². The van der Waals surface area contributed by atoms with Gasteiger partial charge < -0.3 is 15.0 Å². The van der Waals surface area contributed by atoms with Crippen LogP contribution in [0.3, 0.4) is 0 Å². The van der Waals surface area contributed by atoms with Crippen molar-refractivity contribution in [3.63, 3.8) is 0 Å². The number of halogens is 3. The normalized spacial score (nSPS) is 15.7. The third-order valence-electron chi connectivity index (χ3n) is 6.85. The Labute approximate surface area is 259 Å². The zero-order valence-electron chi connectivity index (χ0n) is 22.3. The van der Waals surface area contributed by atoms with E-state index in [0.29, 0.717) is 27.5 Å². The quantitative estimate of drug-likeness (QED) is 0.138. The molecule has 1 aromatic heterocycles. The van der Waals surface area contributed by atoms with Gasteiger partial charge in [0.05, 0.1) is 33.2 Å². The minimum atomic E-state index is -1.02. The first-order chi connectivity index (χ1) is 20.7. The minimum Gasteiger partial charge on any atom is -0.349 e. The molecular weight excluding hydrogens is 612 g/mol. The van der Waals surface area contributed by atoms with Crippen LogP contribution in [0, 0.1) is 5.82 Å². The van der Waals surface area contributed by atoms with E-state index in [1.165, 1.54) is 34.4 Å². The van der Waals surface area contributed by atoms with Crippen molar-refractivity contribution < 1.29 is 23.5 Å². The fraction of sp³-hybridized carbons (Fsp3) is 0.125. The predicted molar refractivity (Wildman–Crippen MR) is 165 cm³/mol. The highest BCUT2D eigenvalue weighted by Crippen LogP contribution is 2.31. The van der Waals surface area contributed by atoms with Gasteiger partial charge in [0.1, 0.15) is 10.8 Å². The van der Waals surface area contributed by atoms with Crippen LogP contribution in [-0.2, 0) is 27.3 Å². The van der Waals surface area contributed by atoms with E-state index in [2.05, 4.69) is 10.3 Å². The maximum atomic E-state index is 13.6. The van der Waals surface area contributed by atoms with Gasteiger partial charge in [0.2, 0.25) is 0 Å². The molecule has 43 heavy (non-hydrogen) atoms. The van der Waals surface area contributed by atoms with Crippen molar-refractivity contribution in [3.05, 3.63) is 123 Å². The van der Waals surface area contributed by atoms with E-state index in [-0.39, 0.29) is 23.8 Å². The van der Waals surface area contributed by atoms with Crippen LogP contribution < -0.4 is 10.2 Å². The number of carbonyl (C=O) groups is 3. The molecule has 6 rings (SSSR count). The van der Waals surface area contributed by atoms with Gasteiger partial charge in [-0.15, -0.1) is 11.3 Å². The van der Waals surface area contributed by atoms with Crippen LogP contribution in [0.1, 0.15) is 20.9 Å². The molecule has 1 aliphatic rings. The zero-order chi connectivity index (χ0) is 30.1. The molecule has 4 aromatic carbocycles. The smallest absolute Gasteiger partial charge is 0.259 e. The number of aromatic nitrogens is 1. The number of ketones is 1. The number of nitrogens with one attached hydrogen (secondary N) is 1. The summed E-state index contributed by atoms with van der Waals surface area (Å²) in [5.41, 5.74) is 2.90. The fourth-order valence-corrected chi connectivity index (χ4v) is 5.84. The molecule has 0 spiro atoms. The van der Waals surface area contributed by atoms with Crippen LogP contribution in [0.2, 0.25) is 10.0 Å². The third kappa shape index (κ3) is 6.60. The molecule has 0 bridgehead atoms. The highest BCUT2D eigenvalue weighted by Gasteiger charge is 2.52. The summed E-state index contributed by atoms with van der Waals surface area (Å²) in [6.45, 7) is 0.0963. The molecule has 1 aliphatic heterocycles. The lowest BCUT2D eigenvalue weighted by Crippen LogP contribution is -2.36. The maximum absolute atomic E-state index is 13.6. The first kappa shape index (κ1) is 28.9. The lowest BCUT2D eigenvalue weighted by Gasteiger charge is -2.23. The number of anilines is 2. The van der Waals surface area contributed by atoms with Crippen LogP contribution in [0.4, 0.5) is 15.8 Å². The summed E-state index contributed by atoms with van der Waals surface area (Å²) in [6, 6.07) is 24.8. The number of benzene rings is 4. The van der Waals surface area contributed by atoms with Gasteiger partial charge >= 0.3 is 0 Å². The predicted octanol–water partition coefficient (Wildman–Crippen LogP) is 7.11. The van der Waals surface area contributed by atoms with Gasteiger partial charge in [-0.2, -0.15) is 0 Å². The number of Topliss-reactive ketones (excluding diaryl/α,β-unsaturated/α-hetero) is 1. The maximum Gasteiger partial charge on any atom is 0.259 e. The summed E-state index contributed by atoms with van der Waals surface area (Å²) in [5, 5.41) is 4.02. The molecule has 7 nitrogen and oxygen atoms in total. The van der Waals surface area contributed by atoms with E-state index in [4.69, 9.17) is 27.9 Å². The summed E-state index contributed by atoms with van der Waals surface area (Å²) in [7, 11) is 0. The number of fused-ring (bicyclic) bond motifs is 1. The van der Waals surface area contributed by atoms with Crippen molar-refractivity contribution in [2.24, 2.45) is 0 Å². The molecule has 11 heteroatoms. The molecule has 1 N–H and O–H groups in total. The minimum absolute atomic E-state index is 0.0963. The number of epoxide rings is 1.